The minimum Gasteiger partial charge on any atom is -0.376 e. The fourth-order valence-electron chi connectivity index (χ4n) is 2.82. The van der Waals surface area contributed by atoms with Gasteiger partial charge in [0.05, 0.1) is 6.10 Å². The number of hydrogen-bond donors (Lipinski definition) is 1. The van der Waals surface area contributed by atoms with Crippen LogP contribution in [0, 0.1) is 18.2 Å². The van der Waals surface area contributed by atoms with E-state index in [0.717, 1.165) is 18.5 Å². The Balaban J connectivity index is 2.98. The second-order valence-corrected chi connectivity index (χ2v) is 6.68. The van der Waals surface area contributed by atoms with E-state index in [1.54, 1.807) is 6.07 Å². The van der Waals surface area contributed by atoms with E-state index in [1.807, 2.05) is 19.9 Å². The Morgan fingerprint density at radius 1 is 1.24 bits per heavy atom. The summed E-state index contributed by atoms with van der Waals surface area (Å²) in [5.41, 5.74) is 2.23. The van der Waals surface area contributed by atoms with Crippen LogP contribution in [-0.2, 0) is 11.2 Å². The summed E-state index contributed by atoms with van der Waals surface area (Å²) in [6, 6.07) is 5.25. The molecular weight excluding hydrogens is 265 g/mol. The number of hydrogen-bond acceptors (Lipinski definition) is 2. The van der Waals surface area contributed by atoms with Crippen molar-refractivity contribution >= 4 is 0 Å². The topological polar surface area (TPSA) is 21.3 Å². The van der Waals surface area contributed by atoms with Gasteiger partial charge in [-0.3, -0.25) is 0 Å². The van der Waals surface area contributed by atoms with Crippen molar-refractivity contribution in [2.45, 2.75) is 60.1 Å². The van der Waals surface area contributed by atoms with Crippen LogP contribution in [0.1, 0.15) is 45.7 Å². The number of ether oxygens (including phenoxy) is 1. The molecule has 0 aromatic heterocycles. The van der Waals surface area contributed by atoms with Gasteiger partial charge in [0.15, 0.2) is 0 Å². The molecule has 2 unspecified atom stereocenters. The van der Waals surface area contributed by atoms with Gasteiger partial charge < -0.3 is 10.1 Å². The molecule has 0 aliphatic heterocycles. The number of rotatable bonds is 7. The highest BCUT2D eigenvalue weighted by Crippen LogP contribution is 2.27. The molecule has 0 saturated carbocycles. The maximum Gasteiger partial charge on any atom is 0.123 e. The summed E-state index contributed by atoms with van der Waals surface area (Å²) in [4.78, 5) is 0. The molecule has 0 radical (unpaired) electrons. The smallest absolute Gasteiger partial charge is 0.123 e. The zero-order chi connectivity index (χ0) is 16.0. The third-order valence-electron chi connectivity index (χ3n) is 3.78. The Hall–Kier alpha value is -0.930. The molecular formula is C18H30FNO. The van der Waals surface area contributed by atoms with E-state index in [9.17, 15) is 4.39 Å². The summed E-state index contributed by atoms with van der Waals surface area (Å²) in [7, 11) is 0. The normalized spacial score (nSPS) is 15.0. The number of benzene rings is 1. The van der Waals surface area contributed by atoms with E-state index in [4.69, 9.17) is 4.74 Å². The summed E-state index contributed by atoms with van der Waals surface area (Å²) in [5.74, 6) is -0.173. The number of likely N-dealkylation sites (N-methyl/N-ethyl adjacent to an activating group) is 1. The predicted octanol–water partition coefficient (Wildman–Crippen LogP) is 4.11. The lowest BCUT2D eigenvalue weighted by atomic mass is 9.82. The largest absolute Gasteiger partial charge is 0.376 e. The molecule has 0 amide bonds. The fraction of sp³-hybridized carbons (Fsp3) is 0.667. The molecule has 0 saturated heterocycles. The Morgan fingerprint density at radius 2 is 1.90 bits per heavy atom. The van der Waals surface area contributed by atoms with E-state index in [2.05, 4.69) is 33.0 Å². The van der Waals surface area contributed by atoms with Crippen molar-refractivity contribution in [1.29, 1.82) is 0 Å². The maximum atomic E-state index is 13.3. The SMILES string of the molecule is CCNC(Cc1ccc(F)cc1C)C(OCC)C(C)(C)C. The maximum absolute atomic E-state index is 13.3. The standard InChI is InChI=1S/C18H30FNO/c1-7-20-16(17(21-8-2)18(4,5)6)12-14-9-10-15(19)11-13(14)3/h9-11,16-17,20H,7-8,12H2,1-6H3. The van der Waals surface area contributed by atoms with Gasteiger partial charge >= 0.3 is 0 Å². The predicted molar refractivity (Wildman–Crippen MR) is 87.2 cm³/mol. The van der Waals surface area contributed by atoms with Crippen LogP contribution in [0.2, 0.25) is 0 Å². The number of halogens is 1. The lowest BCUT2D eigenvalue weighted by Crippen LogP contribution is -2.49. The third kappa shape index (κ3) is 5.40. The van der Waals surface area contributed by atoms with Gasteiger partial charge in [-0.15, -0.1) is 0 Å². The third-order valence-corrected chi connectivity index (χ3v) is 3.78. The van der Waals surface area contributed by atoms with Gasteiger partial charge in [0.2, 0.25) is 0 Å². The van der Waals surface area contributed by atoms with Crippen LogP contribution in [-0.4, -0.2) is 25.3 Å². The molecule has 2 nitrogen and oxygen atoms in total. The van der Waals surface area contributed by atoms with Crippen molar-refractivity contribution in [3.63, 3.8) is 0 Å². The Bertz CT molecular complexity index is 439. The molecule has 0 fully saturated rings. The number of aryl methyl sites for hydroxylation is 1. The lowest BCUT2D eigenvalue weighted by Gasteiger charge is -2.37. The first-order chi connectivity index (χ1) is 9.79. The molecule has 0 aliphatic rings. The van der Waals surface area contributed by atoms with Crippen molar-refractivity contribution in [1.82, 2.24) is 5.32 Å². The highest BCUT2D eigenvalue weighted by atomic mass is 19.1. The van der Waals surface area contributed by atoms with E-state index >= 15 is 0 Å². The zero-order valence-corrected chi connectivity index (χ0v) is 14.3. The van der Waals surface area contributed by atoms with Gasteiger partial charge in [-0.05, 0) is 55.5 Å². The van der Waals surface area contributed by atoms with Crippen LogP contribution in [0.4, 0.5) is 4.39 Å². The first-order valence-electron chi connectivity index (χ1n) is 7.89. The minimum absolute atomic E-state index is 0.0524. The lowest BCUT2D eigenvalue weighted by molar-refractivity contribution is -0.0352. The summed E-state index contributed by atoms with van der Waals surface area (Å²) < 4.78 is 19.3. The summed E-state index contributed by atoms with van der Waals surface area (Å²) in [5, 5.41) is 3.55. The average Bonchev–Trinajstić information content (AvgIpc) is 2.37. The minimum atomic E-state index is -0.173. The molecule has 120 valence electrons. The fourth-order valence-corrected chi connectivity index (χ4v) is 2.82. The molecule has 0 aliphatic carbocycles. The van der Waals surface area contributed by atoms with Crippen LogP contribution in [0.5, 0.6) is 0 Å². The van der Waals surface area contributed by atoms with Crippen molar-refractivity contribution < 1.29 is 9.13 Å². The second kappa shape index (κ2) is 7.90. The zero-order valence-electron chi connectivity index (χ0n) is 14.3. The van der Waals surface area contributed by atoms with Crippen LogP contribution < -0.4 is 5.32 Å². The van der Waals surface area contributed by atoms with E-state index in [0.29, 0.717) is 6.61 Å². The molecule has 2 atom stereocenters. The Labute approximate surface area is 129 Å². The Kier molecular flexibility index (Phi) is 6.82. The van der Waals surface area contributed by atoms with Crippen LogP contribution in [0.3, 0.4) is 0 Å². The van der Waals surface area contributed by atoms with Crippen molar-refractivity contribution in [2.75, 3.05) is 13.2 Å². The highest BCUT2D eigenvalue weighted by Gasteiger charge is 2.32. The van der Waals surface area contributed by atoms with E-state index < -0.39 is 0 Å². The van der Waals surface area contributed by atoms with Gasteiger partial charge in [-0.1, -0.05) is 33.8 Å². The van der Waals surface area contributed by atoms with Gasteiger partial charge in [-0.25, -0.2) is 4.39 Å². The quantitative estimate of drug-likeness (QED) is 0.817. The number of nitrogens with one attached hydrogen (secondary N) is 1. The molecule has 0 heterocycles. The van der Waals surface area contributed by atoms with E-state index in [-0.39, 0.29) is 23.4 Å². The van der Waals surface area contributed by atoms with Gasteiger partial charge in [0.1, 0.15) is 5.82 Å². The second-order valence-electron chi connectivity index (χ2n) is 6.68. The van der Waals surface area contributed by atoms with Crippen LogP contribution >= 0.6 is 0 Å². The van der Waals surface area contributed by atoms with Gasteiger partial charge in [-0.2, -0.15) is 0 Å². The molecule has 3 heteroatoms. The monoisotopic (exact) mass is 295 g/mol. The molecule has 21 heavy (non-hydrogen) atoms. The molecule has 0 bridgehead atoms. The Morgan fingerprint density at radius 3 is 2.38 bits per heavy atom. The molecule has 0 spiro atoms. The average molecular weight is 295 g/mol. The molecule has 1 aromatic carbocycles. The van der Waals surface area contributed by atoms with Crippen LogP contribution in [0.25, 0.3) is 0 Å². The first-order valence-corrected chi connectivity index (χ1v) is 7.89. The summed E-state index contributed by atoms with van der Waals surface area (Å²) in [6.45, 7) is 14.3. The molecule has 1 rings (SSSR count). The van der Waals surface area contributed by atoms with Gasteiger partial charge in [0.25, 0.3) is 0 Å². The van der Waals surface area contributed by atoms with E-state index in [1.165, 1.54) is 11.6 Å². The van der Waals surface area contributed by atoms with Crippen molar-refractivity contribution in [3.05, 3.63) is 35.1 Å². The highest BCUT2D eigenvalue weighted by molar-refractivity contribution is 5.27. The van der Waals surface area contributed by atoms with Crippen molar-refractivity contribution in [2.24, 2.45) is 5.41 Å². The molecule has 1 aromatic rings. The first kappa shape index (κ1) is 18.1. The van der Waals surface area contributed by atoms with Crippen molar-refractivity contribution in [3.8, 4) is 0 Å². The molecule has 1 N–H and O–H groups in total. The summed E-state index contributed by atoms with van der Waals surface area (Å²) in [6.07, 6.45) is 0.967. The van der Waals surface area contributed by atoms with Crippen LogP contribution in [0.15, 0.2) is 18.2 Å². The van der Waals surface area contributed by atoms with Gasteiger partial charge in [0, 0.05) is 12.6 Å². The summed E-state index contributed by atoms with van der Waals surface area (Å²) >= 11 is 0.